The Labute approximate surface area is 233 Å². The van der Waals surface area contributed by atoms with E-state index in [0.29, 0.717) is 60.0 Å². The Balaban J connectivity index is 1.29. The summed E-state index contributed by atoms with van der Waals surface area (Å²) in [7, 11) is 1.89. The minimum absolute atomic E-state index is 0.0668. The molecule has 1 heterocycles. The number of Topliss-reactive ketones (excluding diaryl/α,β-unsaturated/α-hetero) is 1. The molecule has 1 aliphatic rings. The highest BCUT2D eigenvalue weighted by Gasteiger charge is 2.50. The van der Waals surface area contributed by atoms with E-state index >= 15 is 0 Å². The van der Waals surface area contributed by atoms with E-state index in [1.54, 1.807) is 6.07 Å². The molecule has 7 nitrogen and oxygen atoms in total. The van der Waals surface area contributed by atoms with Crippen LogP contribution < -0.4 is 10.6 Å². The molecule has 1 aliphatic carbocycles. The van der Waals surface area contributed by atoms with Gasteiger partial charge in [0.05, 0.1) is 27.8 Å². The molecule has 0 bridgehead atoms. The molecule has 0 spiro atoms. The van der Waals surface area contributed by atoms with Gasteiger partial charge in [-0.05, 0) is 72.9 Å². The largest absolute Gasteiger partial charge is 0.351 e. The summed E-state index contributed by atoms with van der Waals surface area (Å²) in [5.41, 5.74) is 3.95. The van der Waals surface area contributed by atoms with Crippen LogP contribution in [0.2, 0.25) is 5.02 Å². The highest BCUT2D eigenvalue weighted by molar-refractivity contribution is 9.10. The maximum Gasteiger partial charge on any atom is 0.240 e. The van der Waals surface area contributed by atoms with Gasteiger partial charge in [-0.2, -0.15) is 5.26 Å². The zero-order chi connectivity index (χ0) is 26.9. The number of aryl methyl sites for hydroxylation is 2. The van der Waals surface area contributed by atoms with E-state index in [-0.39, 0.29) is 11.7 Å². The van der Waals surface area contributed by atoms with Crippen LogP contribution >= 0.6 is 27.5 Å². The fraction of sp³-hybridized carbons (Fsp3) is 0.241. The average Bonchev–Trinajstić information content (AvgIpc) is 3.67. The number of hydrogen-bond donors (Lipinski definition) is 2. The third kappa shape index (κ3) is 5.45. The smallest absolute Gasteiger partial charge is 0.240 e. The number of imidazole rings is 1. The number of hydrogen-bond acceptors (Lipinski definition) is 5. The molecule has 38 heavy (non-hydrogen) atoms. The van der Waals surface area contributed by atoms with Gasteiger partial charge in [0.25, 0.3) is 0 Å². The van der Waals surface area contributed by atoms with Crippen LogP contribution in [0.15, 0.2) is 65.1 Å². The van der Waals surface area contributed by atoms with Crippen molar-refractivity contribution in [2.24, 2.45) is 12.5 Å². The molecule has 1 saturated carbocycles. The number of nitriles is 1. The number of fused-ring (bicyclic) bond motifs is 1. The van der Waals surface area contributed by atoms with Crippen LogP contribution in [0.4, 0.5) is 11.6 Å². The zero-order valence-corrected chi connectivity index (χ0v) is 23.1. The standard InChI is InChI=1S/C29H25BrClN5O2/c1-36-25-10-6-20(26(37)11-5-18-2-7-21(30)8-3-18)15-24(25)35-28(36)34-23-14-19(4-9-22(23)31)16-33-27(38)29(17-32)12-13-29/h2-4,6-10,14-15H,5,11-13,16H2,1H3,(H,33,38)(H,34,35). The molecule has 2 N–H and O–H groups in total. The van der Waals surface area contributed by atoms with Gasteiger partial charge in [0.15, 0.2) is 5.78 Å². The van der Waals surface area contributed by atoms with Crippen molar-refractivity contribution in [3.05, 3.63) is 86.8 Å². The fourth-order valence-corrected chi connectivity index (χ4v) is 4.73. The number of carbonyl (C=O) groups is 2. The molecular weight excluding hydrogens is 566 g/mol. The van der Waals surface area contributed by atoms with Gasteiger partial charge in [-0.15, -0.1) is 0 Å². The number of rotatable bonds is 9. The second-order valence-electron chi connectivity index (χ2n) is 9.56. The normalized spacial score (nSPS) is 13.6. The summed E-state index contributed by atoms with van der Waals surface area (Å²) < 4.78 is 2.92. The first-order chi connectivity index (χ1) is 18.3. The van der Waals surface area contributed by atoms with Gasteiger partial charge in [0, 0.05) is 30.0 Å². The number of aromatic nitrogens is 2. The number of anilines is 2. The van der Waals surface area contributed by atoms with Crippen molar-refractivity contribution >= 4 is 61.9 Å². The van der Waals surface area contributed by atoms with E-state index in [4.69, 9.17) is 16.6 Å². The molecule has 0 atom stereocenters. The maximum absolute atomic E-state index is 12.9. The SMILES string of the molecule is Cn1c(Nc2cc(CNC(=O)C3(C#N)CC3)ccc2Cl)nc2cc(C(=O)CCc3ccc(Br)cc3)ccc21. The predicted octanol–water partition coefficient (Wildman–Crippen LogP) is 6.47. The van der Waals surface area contributed by atoms with Crippen LogP contribution in [0.1, 0.15) is 40.7 Å². The van der Waals surface area contributed by atoms with E-state index in [1.807, 2.05) is 66.2 Å². The molecule has 3 aromatic carbocycles. The Morgan fingerprint density at radius 3 is 2.55 bits per heavy atom. The van der Waals surface area contributed by atoms with Crippen LogP contribution in [0.25, 0.3) is 11.0 Å². The van der Waals surface area contributed by atoms with Crippen LogP contribution in [0.5, 0.6) is 0 Å². The van der Waals surface area contributed by atoms with E-state index in [9.17, 15) is 14.9 Å². The summed E-state index contributed by atoms with van der Waals surface area (Å²) in [4.78, 5) is 29.9. The Kier molecular flexibility index (Phi) is 7.24. The summed E-state index contributed by atoms with van der Waals surface area (Å²) in [6.45, 7) is 0.294. The van der Waals surface area contributed by atoms with Crippen molar-refractivity contribution in [3.8, 4) is 6.07 Å². The molecule has 0 saturated heterocycles. The van der Waals surface area contributed by atoms with Crippen molar-refractivity contribution in [2.45, 2.75) is 32.2 Å². The number of amides is 1. The number of nitrogens with one attached hydrogen (secondary N) is 2. The Morgan fingerprint density at radius 1 is 1.11 bits per heavy atom. The second-order valence-corrected chi connectivity index (χ2v) is 10.9. The molecule has 1 fully saturated rings. The van der Waals surface area contributed by atoms with Gasteiger partial charge in [-0.25, -0.2) is 4.98 Å². The Bertz CT molecular complexity index is 1590. The van der Waals surface area contributed by atoms with Crippen molar-refractivity contribution in [1.29, 1.82) is 5.26 Å². The van der Waals surface area contributed by atoms with Gasteiger partial charge >= 0.3 is 0 Å². The first-order valence-electron chi connectivity index (χ1n) is 12.3. The quantitative estimate of drug-likeness (QED) is 0.218. The lowest BCUT2D eigenvalue weighted by molar-refractivity contribution is -0.124. The van der Waals surface area contributed by atoms with Crippen LogP contribution in [0, 0.1) is 16.7 Å². The molecule has 0 aliphatic heterocycles. The van der Waals surface area contributed by atoms with E-state index < -0.39 is 5.41 Å². The number of nitrogens with zero attached hydrogens (tertiary/aromatic N) is 3. The molecular formula is C29H25BrClN5O2. The van der Waals surface area contributed by atoms with Crippen molar-refractivity contribution in [2.75, 3.05) is 5.32 Å². The molecule has 192 valence electrons. The van der Waals surface area contributed by atoms with E-state index in [2.05, 4.69) is 32.6 Å². The fourth-order valence-electron chi connectivity index (χ4n) is 4.30. The third-order valence-corrected chi connectivity index (χ3v) is 7.74. The van der Waals surface area contributed by atoms with Crippen molar-refractivity contribution in [3.63, 3.8) is 0 Å². The summed E-state index contributed by atoms with van der Waals surface area (Å²) in [6, 6.07) is 21.1. The lowest BCUT2D eigenvalue weighted by Gasteiger charge is -2.12. The maximum atomic E-state index is 12.9. The van der Waals surface area contributed by atoms with Gasteiger partial charge < -0.3 is 15.2 Å². The molecule has 9 heteroatoms. The highest BCUT2D eigenvalue weighted by Crippen LogP contribution is 2.45. The lowest BCUT2D eigenvalue weighted by atomic mass is 10.0. The molecule has 4 aromatic rings. The highest BCUT2D eigenvalue weighted by atomic mass is 79.9. The van der Waals surface area contributed by atoms with Gasteiger partial charge in [0.1, 0.15) is 5.41 Å². The predicted molar refractivity (Wildman–Crippen MR) is 151 cm³/mol. The molecule has 1 aromatic heterocycles. The minimum atomic E-state index is -0.861. The van der Waals surface area contributed by atoms with E-state index in [0.717, 1.165) is 21.1 Å². The van der Waals surface area contributed by atoms with Gasteiger partial charge in [0.2, 0.25) is 11.9 Å². The zero-order valence-electron chi connectivity index (χ0n) is 20.7. The third-order valence-electron chi connectivity index (χ3n) is 6.89. The summed E-state index contributed by atoms with van der Waals surface area (Å²) >= 11 is 9.88. The van der Waals surface area contributed by atoms with Crippen LogP contribution in [0.3, 0.4) is 0 Å². The first kappa shape index (κ1) is 26.0. The molecule has 1 amide bonds. The lowest BCUT2D eigenvalue weighted by Crippen LogP contribution is -2.30. The monoisotopic (exact) mass is 589 g/mol. The Morgan fingerprint density at radius 2 is 1.84 bits per heavy atom. The van der Waals surface area contributed by atoms with E-state index in [1.165, 1.54) is 0 Å². The van der Waals surface area contributed by atoms with Crippen LogP contribution in [-0.2, 0) is 24.8 Å². The van der Waals surface area contributed by atoms with Crippen molar-refractivity contribution < 1.29 is 9.59 Å². The number of ketones is 1. The average molecular weight is 591 g/mol. The summed E-state index contributed by atoms with van der Waals surface area (Å²) in [5.74, 6) is 0.406. The topological polar surface area (TPSA) is 99.8 Å². The van der Waals surface area contributed by atoms with Crippen LogP contribution in [-0.4, -0.2) is 21.2 Å². The number of benzene rings is 3. The first-order valence-corrected chi connectivity index (χ1v) is 13.4. The van der Waals surface area contributed by atoms with Crippen molar-refractivity contribution in [1.82, 2.24) is 14.9 Å². The molecule has 5 rings (SSSR count). The molecule has 0 unspecified atom stereocenters. The molecule has 0 radical (unpaired) electrons. The van der Waals surface area contributed by atoms with Gasteiger partial charge in [-0.1, -0.05) is 45.7 Å². The summed E-state index contributed by atoms with van der Waals surface area (Å²) in [6.07, 6.45) is 2.30. The number of carbonyl (C=O) groups excluding carboxylic acids is 2. The number of halogens is 2. The summed E-state index contributed by atoms with van der Waals surface area (Å²) in [5, 5.41) is 15.8. The Hall–Kier alpha value is -3.67. The minimum Gasteiger partial charge on any atom is -0.351 e. The second kappa shape index (κ2) is 10.6. The van der Waals surface area contributed by atoms with Gasteiger partial charge in [-0.3, -0.25) is 9.59 Å².